The lowest BCUT2D eigenvalue weighted by Gasteiger charge is -2.35. The molecule has 152 valence electrons. The lowest BCUT2D eigenvalue weighted by molar-refractivity contribution is -0.130. The number of halogens is 1. The second kappa shape index (κ2) is 8.50. The van der Waals surface area contributed by atoms with E-state index in [9.17, 15) is 9.59 Å². The van der Waals surface area contributed by atoms with Crippen LogP contribution in [0.25, 0.3) is 15.9 Å². The van der Waals surface area contributed by atoms with Crippen LogP contribution in [0.15, 0.2) is 45.7 Å². The van der Waals surface area contributed by atoms with E-state index in [0.717, 1.165) is 19.5 Å². The first-order chi connectivity index (χ1) is 13.9. The maximum Gasteiger partial charge on any atom is 0.276 e. The summed E-state index contributed by atoms with van der Waals surface area (Å²) in [4.78, 5) is 32.6. The van der Waals surface area contributed by atoms with Crippen molar-refractivity contribution in [1.82, 2.24) is 14.5 Å². The first-order valence-corrected chi connectivity index (χ1v) is 11.8. The Morgan fingerprint density at radius 1 is 1.21 bits per heavy atom. The average molecular weight is 448 g/mol. The van der Waals surface area contributed by atoms with Gasteiger partial charge >= 0.3 is 0 Å². The molecule has 1 aliphatic rings. The molecule has 1 saturated heterocycles. The van der Waals surface area contributed by atoms with Crippen molar-refractivity contribution in [2.45, 2.75) is 25.4 Å². The molecule has 2 aromatic heterocycles. The molecule has 0 radical (unpaired) electrons. The minimum atomic E-state index is -0.123. The third-order valence-electron chi connectivity index (χ3n) is 5.08. The first kappa shape index (κ1) is 20.4. The SMILES string of the molecule is CC1CC(C)CN(C(=O)CSc2nc3ccsc3c(=O)n2-c2ccc(Cl)cc2)C1. The minimum absolute atomic E-state index is 0.0933. The number of aromatic nitrogens is 2. The summed E-state index contributed by atoms with van der Waals surface area (Å²) in [5.74, 6) is 1.38. The molecular formula is C21H22ClN3O2S2. The summed E-state index contributed by atoms with van der Waals surface area (Å²) in [6, 6.07) is 8.93. The van der Waals surface area contributed by atoms with Crippen LogP contribution in [0.4, 0.5) is 0 Å². The van der Waals surface area contributed by atoms with E-state index in [2.05, 4.69) is 18.8 Å². The summed E-state index contributed by atoms with van der Waals surface area (Å²) in [5.41, 5.74) is 1.24. The Morgan fingerprint density at radius 3 is 2.59 bits per heavy atom. The molecule has 1 aliphatic heterocycles. The molecule has 0 bridgehead atoms. The molecule has 3 heterocycles. The van der Waals surface area contributed by atoms with Gasteiger partial charge in [0.1, 0.15) is 4.70 Å². The topological polar surface area (TPSA) is 55.2 Å². The Kier molecular flexibility index (Phi) is 5.99. The molecule has 4 rings (SSSR count). The van der Waals surface area contributed by atoms with E-state index in [1.807, 2.05) is 16.3 Å². The number of nitrogens with zero attached hydrogens (tertiary/aromatic N) is 3. The Balaban J connectivity index is 1.64. The van der Waals surface area contributed by atoms with Gasteiger partial charge in [-0.25, -0.2) is 4.98 Å². The lowest BCUT2D eigenvalue weighted by atomic mass is 9.92. The van der Waals surface area contributed by atoms with E-state index in [1.165, 1.54) is 23.1 Å². The zero-order valence-electron chi connectivity index (χ0n) is 16.3. The quantitative estimate of drug-likeness (QED) is 0.429. The zero-order chi connectivity index (χ0) is 20.5. The van der Waals surface area contributed by atoms with Crippen molar-refractivity contribution < 1.29 is 4.79 Å². The van der Waals surface area contributed by atoms with E-state index in [0.29, 0.717) is 37.9 Å². The summed E-state index contributed by atoms with van der Waals surface area (Å²) in [6.45, 7) is 5.97. The molecule has 2 unspecified atom stereocenters. The number of fused-ring (bicyclic) bond motifs is 1. The van der Waals surface area contributed by atoms with Crippen LogP contribution in [0.3, 0.4) is 0 Å². The van der Waals surface area contributed by atoms with Crippen molar-refractivity contribution in [3.8, 4) is 5.69 Å². The maximum atomic E-state index is 13.1. The van der Waals surface area contributed by atoms with E-state index >= 15 is 0 Å². The number of carbonyl (C=O) groups is 1. The fourth-order valence-corrected chi connectivity index (χ4v) is 5.69. The number of piperidine rings is 1. The van der Waals surface area contributed by atoms with E-state index in [1.54, 1.807) is 28.8 Å². The number of thiophene rings is 1. The van der Waals surface area contributed by atoms with Gasteiger partial charge in [0.2, 0.25) is 5.91 Å². The van der Waals surface area contributed by atoms with Gasteiger partial charge in [0.05, 0.1) is 17.0 Å². The van der Waals surface area contributed by atoms with Gasteiger partial charge < -0.3 is 4.90 Å². The van der Waals surface area contributed by atoms with Crippen molar-refractivity contribution in [2.24, 2.45) is 11.8 Å². The van der Waals surface area contributed by atoms with Gasteiger partial charge in [-0.05, 0) is 54.0 Å². The first-order valence-electron chi connectivity index (χ1n) is 9.59. The predicted octanol–water partition coefficient (Wildman–Crippen LogP) is 4.70. The maximum absolute atomic E-state index is 13.1. The second-order valence-electron chi connectivity index (χ2n) is 7.68. The predicted molar refractivity (Wildman–Crippen MR) is 120 cm³/mol. The highest BCUT2D eigenvalue weighted by atomic mass is 35.5. The monoisotopic (exact) mass is 447 g/mol. The van der Waals surface area contributed by atoms with Gasteiger partial charge in [0.15, 0.2) is 5.16 Å². The van der Waals surface area contributed by atoms with Gasteiger partial charge in [-0.15, -0.1) is 11.3 Å². The van der Waals surface area contributed by atoms with Crippen molar-refractivity contribution >= 4 is 50.8 Å². The number of benzene rings is 1. The number of hydrogen-bond donors (Lipinski definition) is 0. The number of amides is 1. The van der Waals surface area contributed by atoms with Crippen LogP contribution in [-0.4, -0.2) is 39.2 Å². The number of carbonyl (C=O) groups excluding carboxylic acids is 1. The van der Waals surface area contributed by atoms with Gasteiger partial charge in [-0.1, -0.05) is 37.2 Å². The Hall–Kier alpha value is -1.83. The van der Waals surface area contributed by atoms with Crippen molar-refractivity contribution in [3.05, 3.63) is 51.1 Å². The molecule has 0 spiro atoms. The molecule has 8 heteroatoms. The van der Waals surface area contributed by atoms with E-state index in [-0.39, 0.29) is 17.2 Å². The molecular weight excluding hydrogens is 426 g/mol. The lowest BCUT2D eigenvalue weighted by Crippen LogP contribution is -2.43. The standard InChI is InChI=1S/C21H22ClN3O2S2/c1-13-9-14(2)11-24(10-13)18(26)12-29-21-23-17-7-8-28-19(17)20(27)25(21)16-5-3-15(22)4-6-16/h3-8,13-14H,9-12H2,1-2H3. The van der Waals surface area contributed by atoms with Crippen LogP contribution in [0, 0.1) is 11.8 Å². The molecule has 1 fully saturated rings. The van der Waals surface area contributed by atoms with Crippen LogP contribution >= 0.6 is 34.7 Å². The molecule has 3 aromatic rings. The summed E-state index contributed by atoms with van der Waals surface area (Å²) in [7, 11) is 0. The molecule has 0 aliphatic carbocycles. The third-order valence-corrected chi connectivity index (χ3v) is 7.15. The molecule has 5 nitrogen and oxygen atoms in total. The van der Waals surface area contributed by atoms with E-state index in [4.69, 9.17) is 11.6 Å². The van der Waals surface area contributed by atoms with Crippen molar-refractivity contribution in [2.75, 3.05) is 18.8 Å². The molecule has 0 N–H and O–H groups in total. The van der Waals surface area contributed by atoms with Gasteiger partial charge in [-0.2, -0.15) is 0 Å². The number of likely N-dealkylation sites (tertiary alicyclic amines) is 1. The van der Waals surface area contributed by atoms with Gasteiger partial charge in [-0.3, -0.25) is 14.2 Å². The zero-order valence-corrected chi connectivity index (χ0v) is 18.7. The summed E-state index contributed by atoms with van der Waals surface area (Å²) >= 11 is 8.70. The summed E-state index contributed by atoms with van der Waals surface area (Å²) < 4.78 is 2.18. The fraction of sp³-hybridized carbons (Fsp3) is 0.381. The van der Waals surface area contributed by atoms with Crippen LogP contribution in [0.1, 0.15) is 20.3 Å². The highest BCUT2D eigenvalue weighted by molar-refractivity contribution is 7.99. The second-order valence-corrected chi connectivity index (χ2v) is 9.97. The number of hydrogen-bond acceptors (Lipinski definition) is 5. The number of thioether (sulfide) groups is 1. The fourth-order valence-electron chi connectivity index (χ4n) is 3.89. The van der Waals surface area contributed by atoms with E-state index < -0.39 is 0 Å². The molecule has 29 heavy (non-hydrogen) atoms. The normalized spacial score (nSPS) is 19.6. The Labute approximate surface area is 182 Å². The summed E-state index contributed by atoms with van der Waals surface area (Å²) in [6.07, 6.45) is 1.16. The molecule has 1 aromatic carbocycles. The largest absolute Gasteiger partial charge is 0.341 e. The molecule has 2 atom stereocenters. The Bertz CT molecular complexity index is 1080. The smallest absolute Gasteiger partial charge is 0.276 e. The van der Waals surface area contributed by atoms with Crippen LogP contribution < -0.4 is 5.56 Å². The highest BCUT2D eigenvalue weighted by Crippen LogP contribution is 2.26. The van der Waals surface area contributed by atoms with Crippen LogP contribution in [-0.2, 0) is 4.79 Å². The van der Waals surface area contributed by atoms with Crippen molar-refractivity contribution in [1.29, 1.82) is 0 Å². The minimum Gasteiger partial charge on any atom is -0.341 e. The number of rotatable bonds is 4. The summed E-state index contributed by atoms with van der Waals surface area (Å²) in [5, 5.41) is 2.99. The molecule has 0 saturated carbocycles. The Morgan fingerprint density at radius 2 is 1.90 bits per heavy atom. The third kappa shape index (κ3) is 4.37. The molecule has 1 amide bonds. The van der Waals surface area contributed by atoms with Crippen LogP contribution in [0.2, 0.25) is 5.02 Å². The van der Waals surface area contributed by atoms with Crippen LogP contribution in [0.5, 0.6) is 0 Å². The highest BCUT2D eigenvalue weighted by Gasteiger charge is 2.26. The van der Waals surface area contributed by atoms with Gasteiger partial charge in [0, 0.05) is 18.1 Å². The average Bonchev–Trinajstić information content (AvgIpc) is 3.15. The van der Waals surface area contributed by atoms with Gasteiger partial charge in [0.25, 0.3) is 5.56 Å². The van der Waals surface area contributed by atoms with Crippen molar-refractivity contribution in [3.63, 3.8) is 0 Å².